The minimum absolute atomic E-state index is 0. The highest BCUT2D eigenvalue weighted by molar-refractivity contribution is 5.85. The molecule has 3 nitrogen and oxygen atoms in total. The molecule has 0 unspecified atom stereocenters. The van der Waals surface area contributed by atoms with Crippen LogP contribution in [0.4, 0.5) is 0 Å². The SMILES string of the molecule is Cl.O=Cc1ccc(OCCCN2CCCCC2)cc1. The fourth-order valence-electron chi connectivity index (χ4n) is 2.30. The molecule has 0 atom stereocenters. The van der Waals surface area contributed by atoms with E-state index in [0.717, 1.165) is 31.6 Å². The lowest BCUT2D eigenvalue weighted by atomic mass is 10.1. The van der Waals surface area contributed by atoms with Crippen molar-refractivity contribution in [1.82, 2.24) is 4.90 Å². The van der Waals surface area contributed by atoms with Gasteiger partial charge >= 0.3 is 0 Å². The highest BCUT2D eigenvalue weighted by Crippen LogP contribution is 2.12. The van der Waals surface area contributed by atoms with E-state index < -0.39 is 0 Å². The van der Waals surface area contributed by atoms with Crippen LogP contribution in [-0.4, -0.2) is 37.4 Å². The van der Waals surface area contributed by atoms with Gasteiger partial charge in [-0.05, 0) is 56.6 Å². The Morgan fingerprint density at radius 2 is 1.79 bits per heavy atom. The molecule has 0 spiro atoms. The molecule has 2 rings (SSSR count). The van der Waals surface area contributed by atoms with Crippen LogP contribution < -0.4 is 4.74 Å². The van der Waals surface area contributed by atoms with Crippen LogP contribution in [0.2, 0.25) is 0 Å². The van der Waals surface area contributed by atoms with Crippen molar-refractivity contribution >= 4 is 18.7 Å². The molecule has 0 radical (unpaired) electrons. The van der Waals surface area contributed by atoms with Crippen LogP contribution in [0.25, 0.3) is 0 Å². The molecule has 1 fully saturated rings. The minimum atomic E-state index is 0. The van der Waals surface area contributed by atoms with Gasteiger partial charge in [0.1, 0.15) is 12.0 Å². The van der Waals surface area contributed by atoms with Gasteiger partial charge in [-0.3, -0.25) is 4.79 Å². The Kier molecular flexibility index (Phi) is 7.53. The van der Waals surface area contributed by atoms with Crippen molar-refractivity contribution < 1.29 is 9.53 Å². The molecule has 19 heavy (non-hydrogen) atoms. The third-order valence-electron chi connectivity index (χ3n) is 3.35. The van der Waals surface area contributed by atoms with Gasteiger partial charge in [0.05, 0.1) is 6.61 Å². The number of ether oxygens (including phenoxy) is 1. The number of nitrogens with zero attached hydrogens (tertiary/aromatic N) is 1. The van der Waals surface area contributed by atoms with Gasteiger partial charge < -0.3 is 9.64 Å². The van der Waals surface area contributed by atoms with Crippen molar-refractivity contribution in [2.45, 2.75) is 25.7 Å². The first-order valence-corrected chi connectivity index (χ1v) is 6.79. The van der Waals surface area contributed by atoms with Crippen LogP contribution in [0.1, 0.15) is 36.0 Å². The fourth-order valence-corrected chi connectivity index (χ4v) is 2.30. The smallest absolute Gasteiger partial charge is 0.150 e. The summed E-state index contributed by atoms with van der Waals surface area (Å²) in [5.41, 5.74) is 0.690. The Labute approximate surface area is 121 Å². The van der Waals surface area contributed by atoms with Gasteiger partial charge in [0.15, 0.2) is 0 Å². The molecule has 0 aromatic heterocycles. The van der Waals surface area contributed by atoms with Gasteiger partial charge in [-0.25, -0.2) is 0 Å². The van der Waals surface area contributed by atoms with Gasteiger partial charge in [-0.1, -0.05) is 6.42 Å². The van der Waals surface area contributed by atoms with E-state index in [1.807, 2.05) is 12.1 Å². The predicted octanol–water partition coefficient (Wildman–Crippen LogP) is 3.18. The van der Waals surface area contributed by atoms with Crippen molar-refractivity contribution in [3.63, 3.8) is 0 Å². The molecular formula is C15H22ClNO2. The highest BCUT2D eigenvalue weighted by atomic mass is 35.5. The number of piperidine rings is 1. The zero-order valence-corrected chi connectivity index (χ0v) is 12.0. The third kappa shape index (κ3) is 5.62. The number of rotatable bonds is 6. The second kappa shape index (κ2) is 8.94. The molecule has 0 aliphatic carbocycles. The summed E-state index contributed by atoms with van der Waals surface area (Å²) < 4.78 is 5.65. The van der Waals surface area contributed by atoms with E-state index in [4.69, 9.17) is 4.74 Å². The monoisotopic (exact) mass is 283 g/mol. The van der Waals surface area contributed by atoms with Crippen molar-refractivity contribution in [3.05, 3.63) is 29.8 Å². The van der Waals surface area contributed by atoms with Crippen LogP contribution in [0.5, 0.6) is 5.75 Å². The number of hydrogen-bond donors (Lipinski definition) is 0. The van der Waals surface area contributed by atoms with E-state index in [2.05, 4.69) is 4.90 Å². The maximum atomic E-state index is 10.5. The zero-order valence-electron chi connectivity index (χ0n) is 11.2. The lowest BCUT2D eigenvalue weighted by molar-refractivity contribution is 0.112. The normalized spacial score (nSPS) is 15.6. The van der Waals surface area contributed by atoms with E-state index in [1.165, 1.54) is 32.4 Å². The molecule has 0 bridgehead atoms. The van der Waals surface area contributed by atoms with Crippen LogP contribution in [0.3, 0.4) is 0 Å². The Hall–Kier alpha value is -1.06. The number of benzene rings is 1. The summed E-state index contributed by atoms with van der Waals surface area (Å²) in [5, 5.41) is 0. The molecule has 1 heterocycles. The molecule has 0 N–H and O–H groups in total. The summed E-state index contributed by atoms with van der Waals surface area (Å²) >= 11 is 0. The van der Waals surface area contributed by atoms with Crippen LogP contribution in [0, 0.1) is 0 Å². The number of likely N-dealkylation sites (tertiary alicyclic amines) is 1. The summed E-state index contributed by atoms with van der Waals surface area (Å²) in [6.45, 7) is 4.37. The van der Waals surface area contributed by atoms with Gasteiger partial charge in [0, 0.05) is 12.1 Å². The first-order chi connectivity index (χ1) is 8.88. The standard InChI is InChI=1S/C15H21NO2.ClH/c17-13-14-5-7-15(8-6-14)18-12-4-11-16-9-2-1-3-10-16;/h5-8,13H,1-4,9-12H2;1H. The number of carbonyl (C=O) groups is 1. The summed E-state index contributed by atoms with van der Waals surface area (Å²) in [5.74, 6) is 0.847. The minimum Gasteiger partial charge on any atom is -0.494 e. The third-order valence-corrected chi connectivity index (χ3v) is 3.35. The number of hydrogen-bond acceptors (Lipinski definition) is 3. The molecule has 1 aliphatic rings. The molecule has 0 saturated carbocycles. The zero-order chi connectivity index (χ0) is 12.6. The van der Waals surface area contributed by atoms with Gasteiger partial charge in [-0.2, -0.15) is 0 Å². The maximum absolute atomic E-state index is 10.5. The Balaban J connectivity index is 0.00000180. The van der Waals surface area contributed by atoms with Crippen molar-refractivity contribution in [2.24, 2.45) is 0 Å². The summed E-state index contributed by atoms with van der Waals surface area (Å²) in [6, 6.07) is 7.27. The molecule has 0 amide bonds. The van der Waals surface area contributed by atoms with E-state index in [-0.39, 0.29) is 12.4 Å². The number of carbonyl (C=O) groups excluding carboxylic acids is 1. The number of aldehydes is 1. The molecule has 1 aliphatic heterocycles. The summed E-state index contributed by atoms with van der Waals surface area (Å²) in [4.78, 5) is 13.0. The average molecular weight is 284 g/mol. The highest BCUT2D eigenvalue weighted by Gasteiger charge is 2.08. The van der Waals surface area contributed by atoms with E-state index in [0.29, 0.717) is 5.56 Å². The first-order valence-electron chi connectivity index (χ1n) is 6.79. The second-order valence-corrected chi connectivity index (χ2v) is 4.79. The fraction of sp³-hybridized carbons (Fsp3) is 0.533. The van der Waals surface area contributed by atoms with Crippen LogP contribution in [-0.2, 0) is 0 Å². The summed E-state index contributed by atoms with van der Waals surface area (Å²) in [6.07, 6.45) is 5.98. The van der Waals surface area contributed by atoms with E-state index in [1.54, 1.807) is 12.1 Å². The van der Waals surface area contributed by atoms with E-state index >= 15 is 0 Å². The quantitative estimate of drug-likeness (QED) is 0.593. The van der Waals surface area contributed by atoms with Crippen molar-refractivity contribution in [1.29, 1.82) is 0 Å². The lowest BCUT2D eigenvalue weighted by Crippen LogP contribution is -2.31. The maximum Gasteiger partial charge on any atom is 0.150 e. The largest absolute Gasteiger partial charge is 0.494 e. The predicted molar refractivity (Wildman–Crippen MR) is 79.5 cm³/mol. The van der Waals surface area contributed by atoms with Crippen molar-refractivity contribution in [3.8, 4) is 5.75 Å². The lowest BCUT2D eigenvalue weighted by Gasteiger charge is -2.26. The van der Waals surface area contributed by atoms with Crippen LogP contribution in [0.15, 0.2) is 24.3 Å². The number of halogens is 1. The van der Waals surface area contributed by atoms with Crippen molar-refractivity contribution in [2.75, 3.05) is 26.2 Å². The summed E-state index contributed by atoms with van der Waals surface area (Å²) in [7, 11) is 0. The van der Waals surface area contributed by atoms with Gasteiger partial charge in [0.2, 0.25) is 0 Å². The second-order valence-electron chi connectivity index (χ2n) is 4.79. The molecule has 106 valence electrons. The Morgan fingerprint density at radius 1 is 1.11 bits per heavy atom. The first kappa shape index (κ1) is 16.0. The van der Waals surface area contributed by atoms with Crippen LogP contribution >= 0.6 is 12.4 Å². The molecule has 1 saturated heterocycles. The average Bonchev–Trinajstić information content (AvgIpc) is 2.45. The van der Waals surface area contributed by atoms with E-state index in [9.17, 15) is 4.79 Å². The molecule has 1 aromatic carbocycles. The topological polar surface area (TPSA) is 29.5 Å². The Bertz CT molecular complexity index is 361. The Morgan fingerprint density at radius 3 is 2.42 bits per heavy atom. The molecule has 4 heteroatoms. The van der Waals surface area contributed by atoms with Gasteiger partial charge in [-0.15, -0.1) is 12.4 Å². The van der Waals surface area contributed by atoms with Gasteiger partial charge in [0.25, 0.3) is 0 Å². The molecule has 1 aromatic rings. The molecular weight excluding hydrogens is 262 g/mol.